The second-order valence-corrected chi connectivity index (χ2v) is 16.2. The minimum atomic E-state index is 0.548. The Labute approximate surface area is 363 Å². The van der Waals surface area contributed by atoms with Crippen LogP contribution in [0.5, 0.6) is 0 Å². The van der Waals surface area contributed by atoms with Crippen molar-refractivity contribution in [1.82, 2.24) is 29.1 Å². The number of nitrogens with zero attached hydrogens (tertiary/aromatic N) is 6. The summed E-state index contributed by atoms with van der Waals surface area (Å²) >= 11 is 0. The molecule has 0 saturated heterocycles. The molecule has 9 aromatic carbocycles. The maximum Gasteiger partial charge on any atom is 0.238 e. The molecule has 0 amide bonds. The number of rotatable bonds is 5. The minimum Gasteiger partial charge on any atom is -0.456 e. The van der Waals surface area contributed by atoms with E-state index in [9.17, 15) is 0 Å². The van der Waals surface area contributed by atoms with E-state index in [4.69, 9.17) is 28.8 Å². The number of furan rings is 2. The van der Waals surface area contributed by atoms with Crippen molar-refractivity contribution in [2.75, 3.05) is 0 Å². The zero-order valence-corrected chi connectivity index (χ0v) is 34.0. The molecule has 0 aliphatic carbocycles. The first-order valence-corrected chi connectivity index (χ1v) is 21.3. The fraction of sp³-hybridized carbons (Fsp3) is 0. The van der Waals surface area contributed by atoms with Crippen molar-refractivity contribution in [3.8, 4) is 45.8 Å². The van der Waals surface area contributed by atoms with Crippen molar-refractivity contribution in [2.45, 2.75) is 0 Å². The number of aromatic nitrogens is 6. The molecule has 8 heteroatoms. The molecule has 0 spiro atoms. The third-order valence-corrected chi connectivity index (χ3v) is 12.6. The highest BCUT2D eigenvalue weighted by atomic mass is 16.3. The van der Waals surface area contributed by atoms with Gasteiger partial charge in [0.2, 0.25) is 5.95 Å². The summed E-state index contributed by atoms with van der Waals surface area (Å²) in [5.74, 6) is 2.55. The van der Waals surface area contributed by atoms with Crippen LogP contribution in [-0.2, 0) is 0 Å². The number of hydrogen-bond donors (Lipinski definition) is 0. The van der Waals surface area contributed by atoms with Crippen LogP contribution in [0.4, 0.5) is 0 Å². The van der Waals surface area contributed by atoms with E-state index in [1.54, 1.807) is 0 Å². The molecule has 0 N–H and O–H groups in total. The molecule has 14 rings (SSSR count). The van der Waals surface area contributed by atoms with Gasteiger partial charge < -0.3 is 8.83 Å². The second kappa shape index (κ2) is 13.3. The van der Waals surface area contributed by atoms with Crippen LogP contribution in [0.1, 0.15) is 0 Å². The molecule has 8 nitrogen and oxygen atoms in total. The molecule has 0 fully saturated rings. The van der Waals surface area contributed by atoms with Gasteiger partial charge in [0.1, 0.15) is 28.2 Å². The molecule has 0 saturated carbocycles. The van der Waals surface area contributed by atoms with E-state index < -0.39 is 0 Å². The Morgan fingerprint density at radius 3 is 1.73 bits per heavy atom. The summed E-state index contributed by atoms with van der Waals surface area (Å²) in [6.45, 7) is 0. The predicted octanol–water partition coefficient (Wildman–Crippen LogP) is 14.3. The fourth-order valence-electron chi connectivity index (χ4n) is 9.75. The Kier molecular flexibility index (Phi) is 7.23. The van der Waals surface area contributed by atoms with E-state index in [0.29, 0.717) is 17.6 Å². The average Bonchev–Trinajstić information content (AvgIpc) is 4.13. The van der Waals surface area contributed by atoms with Gasteiger partial charge in [-0.25, -0.2) is 9.97 Å². The summed E-state index contributed by atoms with van der Waals surface area (Å²) in [7, 11) is 0. The molecule has 0 aliphatic rings. The van der Waals surface area contributed by atoms with Gasteiger partial charge >= 0.3 is 0 Å². The number of hydrogen-bond acceptors (Lipinski definition) is 6. The van der Waals surface area contributed by atoms with Gasteiger partial charge in [0, 0.05) is 54.5 Å². The third-order valence-electron chi connectivity index (χ3n) is 12.6. The quantitative estimate of drug-likeness (QED) is 0.172. The molecule has 14 aromatic rings. The van der Waals surface area contributed by atoms with E-state index in [0.717, 1.165) is 116 Å². The topological polar surface area (TPSA) is 87.7 Å². The van der Waals surface area contributed by atoms with Crippen LogP contribution in [0.25, 0.3) is 133 Å². The molecule has 5 aromatic heterocycles. The van der Waals surface area contributed by atoms with Crippen LogP contribution in [0, 0.1) is 0 Å². The number of para-hydroxylation sites is 4. The monoisotopic (exact) mass is 820 g/mol. The van der Waals surface area contributed by atoms with Crippen LogP contribution in [0.15, 0.2) is 203 Å². The minimum absolute atomic E-state index is 0.548. The van der Waals surface area contributed by atoms with Crippen LogP contribution in [-0.4, -0.2) is 29.1 Å². The maximum absolute atomic E-state index is 6.66. The zero-order chi connectivity index (χ0) is 41.9. The highest BCUT2D eigenvalue weighted by Gasteiger charge is 2.24. The summed E-state index contributed by atoms with van der Waals surface area (Å²) in [5, 5.41) is 8.53. The van der Waals surface area contributed by atoms with E-state index in [1.165, 1.54) is 0 Å². The summed E-state index contributed by atoms with van der Waals surface area (Å²) < 4.78 is 17.4. The molecule has 0 bridgehead atoms. The summed E-state index contributed by atoms with van der Waals surface area (Å²) in [6, 6.07) is 66.7. The van der Waals surface area contributed by atoms with E-state index in [2.05, 4.69) is 118 Å². The first-order chi connectivity index (χ1) is 31.7. The first-order valence-electron chi connectivity index (χ1n) is 21.3. The first kappa shape index (κ1) is 34.8. The Bertz CT molecular complexity index is 4140. The van der Waals surface area contributed by atoms with Crippen LogP contribution >= 0.6 is 0 Å². The highest BCUT2D eigenvalue weighted by molar-refractivity contribution is 6.25. The van der Waals surface area contributed by atoms with Gasteiger partial charge in [-0.05, 0) is 66.0 Å². The molecular formula is C56H32N6O2. The van der Waals surface area contributed by atoms with E-state index in [1.807, 2.05) is 84.9 Å². The van der Waals surface area contributed by atoms with Gasteiger partial charge in [-0.1, -0.05) is 133 Å². The van der Waals surface area contributed by atoms with Crippen LogP contribution < -0.4 is 0 Å². The smallest absolute Gasteiger partial charge is 0.238 e. The van der Waals surface area contributed by atoms with Crippen LogP contribution in [0.3, 0.4) is 0 Å². The lowest BCUT2D eigenvalue weighted by molar-refractivity contribution is 0.668. The third kappa shape index (κ3) is 5.05. The Hall–Kier alpha value is -8.88. The van der Waals surface area contributed by atoms with Gasteiger partial charge in [0.15, 0.2) is 11.6 Å². The van der Waals surface area contributed by atoms with Crippen molar-refractivity contribution in [3.63, 3.8) is 0 Å². The molecule has 298 valence electrons. The Balaban J connectivity index is 1.05. The van der Waals surface area contributed by atoms with Crippen molar-refractivity contribution >= 4 is 87.5 Å². The fourth-order valence-corrected chi connectivity index (χ4v) is 9.75. The molecule has 5 heterocycles. The SMILES string of the molecule is c1ccc(-c2nc(-c3ccccc3)nc(-n3c4ccccc4c4c5ccc6c(nc(-c7cccc8c7oc7ccccc78)n6-c6ccc7oc8ccccc8c7c6)c5ccc43)n2)cc1. The number of benzene rings is 9. The number of imidazole rings is 1. The van der Waals surface area contributed by atoms with Crippen molar-refractivity contribution in [1.29, 1.82) is 0 Å². The lowest BCUT2D eigenvalue weighted by Crippen LogP contribution is -2.06. The largest absolute Gasteiger partial charge is 0.456 e. The van der Waals surface area contributed by atoms with Gasteiger partial charge in [-0.2, -0.15) is 9.97 Å². The molecular weight excluding hydrogens is 789 g/mol. The van der Waals surface area contributed by atoms with Crippen LogP contribution in [0.2, 0.25) is 0 Å². The van der Waals surface area contributed by atoms with Crippen molar-refractivity contribution in [2.24, 2.45) is 0 Å². The Morgan fingerprint density at radius 2 is 0.969 bits per heavy atom. The maximum atomic E-state index is 6.66. The second-order valence-electron chi connectivity index (χ2n) is 16.2. The van der Waals surface area contributed by atoms with E-state index in [-0.39, 0.29) is 0 Å². The van der Waals surface area contributed by atoms with Gasteiger partial charge in [0.05, 0.1) is 27.6 Å². The van der Waals surface area contributed by atoms with Gasteiger partial charge in [0.25, 0.3) is 0 Å². The standard InChI is InChI=1S/C56H32N6O2/c1-3-14-33(15-4-1)53-58-54(34-16-5-2-6-17-34)60-56(59-53)62-44-23-10-7-20-41(44)50-38-27-30-46-51(39(38)28-29-45(50)62)57-55(42-22-13-21-40-36-18-8-12-25-48(36)64-52(40)42)61(46)35-26-31-49-43(32-35)37-19-9-11-24-47(37)63-49/h1-32H. The molecule has 0 aliphatic heterocycles. The summed E-state index contributed by atoms with van der Waals surface area (Å²) in [6.07, 6.45) is 0. The molecule has 0 radical (unpaired) electrons. The molecule has 64 heavy (non-hydrogen) atoms. The molecule has 0 unspecified atom stereocenters. The van der Waals surface area contributed by atoms with Gasteiger partial charge in [-0.3, -0.25) is 9.13 Å². The van der Waals surface area contributed by atoms with Crippen molar-refractivity contribution in [3.05, 3.63) is 194 Å². The average molecular weight is 821 g/mol. The zero-order valence-electron chi connectivity index (χ0n) is 34.0. The summed E-state index contributed by atoms with van der Waals surface area (Å²) in [5.41, 5.74) is 10.9. The lowest BCUT2D eigenvalue weighted by atomic mass is 10.0. The summed E-state index contributed by atoms with van der Waals surface area (Å²) in [4.78, 5) is 21.0. The predicted molar refractivity (Wildman–Crippen MR) is 257 cm³/mol. The molecule has 0 atom stereocenters. The normalized spacial score (nSPS) is 12.1. The Morgan fingerprint density at radius 1 is 0.359 bits per heavy atom. The van der Waals surface area contributed by atoms with Crippen molar-refractivity contribution < 1.29 is 8.83 Å². The van der Waals surface area contributed by atoms with Gasteiger partial charge in [-0.15, -0.1) is 0 Å². The number of fused-ring (bicyclic) bond motifs is 13. The highest BCUT2D eigenvalue weighted by Crippen LogP contribution is 2.43. The lowest BCUT2D eigenvalue weighted by Gasteiger charge is -2.11. The van der Waals surface area contributed by atoms with E-state index >= 15 is 0 Å².